The van der Waals surface area contributed by atoms with Crippen molar-refractivity contribution in [3.8, 4) is 0 Å². The van der Waals surface area contributed by atoms with E-state index in [1.807, 2.05) is 0 Å². The van der Waals surface area contributed by atoms with Crippen LogP contribution in [0.25, 0.3) is 0 Å². The van der Waals surface area contributed by atoms with Crippen molar-refractivity contribution < 1.29 is 22.8 Å². The van der Waals surface area contributed by atoms with Crippen LogP contribution < -0.4 is 5.32 Å². The molecule has 0 unspecified atom stereocenters. The third-order valence-electron chi connectivity index (χ3n) is 6.39. The molecule has 2 heterocycles. The van der Waals surface area contributed by atoms with Gasteiger partial charge in [0.15, 0.2) is 9.84 Å². The minimum Gasteiger partial charge on any atom is -0.337 e. The highest BCUT2D eigenvalue weighted by molar-refractivity contribution is 7.91. The van der Waals surface area contributed by atoms with Crippen LogP contribution in [0.4, 0.5) is 4.79 Å². The predicted octanol–water partition coefficient (Wildman–Crippen LogP) is 0.913. The van der Waals surface area contributed by atoms with Gasteiger partial charge >= 0.3 is 6.03 Å². The standard InChI is InChI=1S/C18H29N3O5S/c1-3-13-5-8-18(9-6-13)16(23)21(17(24)19-18)11-15(22)20(4-2)14-7-10-27(25,26)12-14/h13-14H,3-12H2,1-2H3,(H,19,24)/t13?,14-,18?/m0/s1. The van der Waals surface area contributed by atoms with Gasteiger partial charge in [-0.1, -0.05) is 13.3 Å². The van der Waals surface area contributed by atoms with E-state index in [-0.39, 0.29) is 35.9 Å². The lowest BCUT2D eigenvalue weighted by molar-refractivity contribution is -0.140. The molecule has 0 radical (unpaired) electrons. The van der Waals surface area contributed by atoms with Gasteiger partial charge in [0.25, 0.3) is 5.91 Å². The lowest BCUT2D eigenvalue weighted by Gasteiger charge is -2.34. The van der Waals surface area contributed by atoms with Gasteiger partial charge < -0.3 is 10.2 Å². The van der Waals surface area contributed by atoms with Crippen LogP contribution in [0.5, 0.6) is 0 Å². The van der Waals surface area contributed by atoms with Gasteiger partial charge in [-0.15, -0.1) is 0 Å². The Morgan fingerprint density at radius 1 is 1.22 bits per heavy atom. The average Bonchev–Trinajstić information content (AvgIpc) is 3.09. The molecule has 3 fully saturated rings. The maximum absolute atomic E-state index is 12.9. The summed E-state index contributed by atoms with van der Waals surface area (Å²) >= 11 is 0. The van der Waals surface area contributed by atoms with Gasteiger partial charge in [-0.3, -0.25) is 14.5 Å². The van der Waals surface area contributed by atoms with Crippen molar-refractivity contribution in [2.45, 2.75) is 64.0 Å². The Bertz CT molecular complexity index is 727. The Labute approximate surface area is 160 Å². The molecule has 0 aromatic heterocycles. The summed E-state index contributed by atoms with van der Waals surface area (Å²) in [6.45, 7) is 3.94. The summed E-state index contributed by atoms with van der Waals surface area (Å²) in [7, 11) is -3.12. The van der Waals surface area contributed by atoms with Gasteiger partial charge in [-0.05, 0) is 44.9 Å². The highest BCUT2D eigenvalue weighted by atomic mass is 32.2. The molecule has 1 saturated carbocycles. The smallest absolute Gasteiger partial charge is 0.325 e. The second-order valence-electron chi connectivity index (χ2n) is 7.99. The Morgan fingerprint density at radius 2 is 1.89 bits per heavy atom. The number of carbonyl (C=O) groups excluding carboxylic acids is 3. The Balaban J connectivity index is 1.67. The van der Waals surface area contributed by atoms with Gasteiger partial charge in [0.05, 0.1) is 11.5 Å². The molecule has 0 aromatic rings. The summed E-state index contributed by atoms with van der Waals surface area (Å²) in [4.78, 5) is 40.6. The van der Waals surface area contributed by atoms with Gasteiger partial charge in [-0.2, -0.15) is 0 Å². The summed E-state index contributed by atoms with van der Waals surface area (Å²) in [6.07, 6.45) is 4.48. The van der Waals surface area contributed by atoms with Crippen molar-refractivity contribution in [3.05, 3.63) is 0 Å². The van der Waals surface area contributed by atoms with Crippen LogP contribution in [-0.2, 0) is 19.4 Å². The molecule has 1 N–H and O–H groups in total. The first-order valence-electron chi connectivity index (χ1n) is 9.85. The van der Waals surface area contributed by atoms with Crippen molar-refractivity contribution in [1.29, 1.82) is 0 Å². The molecule has 9 heteroatoms. The van der Waals surface area contributed by atoms with Crippen LogP contribution in [0.15, 0.2) is 0 Å². The van der Waals surface area contributed by atoms with Crippen molar-refractivity contribution in [3.63, 3.8) is 0 Å². The number of imide groups is 1. The molecular weight excluding hydrogens is 370 g/mol. The van der Waals surface area contributed by atoms with Crippen LogP contribution in [0.3, 0.4) is 0 Å². The van der Waals surface area contributed by atoms with Crippen molar-refractivity contribution >= 4 is 27.7 Å². The Kier molecular flexibility index (Phi) is 5.52. The molecule has 1 spiro atoms. The first-order valence-corrected chi connectivity index (χ1v) is 11.7. The number of urea groups is 1. The molecule has 3 aliphatic rings. The number of nitrogens with one attached hydrogen (secondary N) is 1. The highest BCUT2D eigenvalue weighted by Gasteiger charge is 2.53. The van der Waals surface area contributed by atoms with Crippen molar-refractivity contribution in [2.75, 3.05) is 24.6 Å². The lowest BCUT2D eigenvalue weighted by Crippen LogP contribution is -2.51. The number of sulfone groups is 1. The fourth-order valence-corrected chi connectivity index (χ4v) is 6.35. The van der Waals surface area contributed by atoms with Crippen LogP contribution in [-0.4, -0.2) is 72.2 Å². The monoisotopic (exact) mass is 399 g/mol. The summed E-state index contributed by atoms with van der Waals surface area (Å²) < 4.78 is 23.4. The van der Waals surface area contributed by atoms with E-state index < -0.39 is 21.4 Å². The summed E-state index contributed by atoms with van der Waals surface area (Å²) in [5.41, 5.74) is -0.864. The number of carbonyl (C=O) groups is 3. The zero-order chi connectivity index (χ0) is 19.8. The summed E-state index contributed by atoms with van der Waals surface area (Å²) in [5.74, 6) is -0.0785. The molecule has 1 atom stereocenters. The third-order valence-corrected chi connectivity index (χ3v) is 8.14. The van der Waals surface area contributed by atoms with Gasteiger partial charge in [0.1, 0.15) is 12.1 Å². The molecule has 27 heavy (non-hydrogen) atoms. The van der Waals surface area contributed by atoms with Crippen LogP contribution in [0.1, 0.15) is 52.4 Å². The number of amides is 4. The predicted molar refractivity (Wildman–Crippen MR) is 99.7 cm³/mol. The minimum absolute atomic E-state index is 0.0466. The quantitative estimate of drug-likeness (QED) is 0.692. The molecule has 0 bridgehead atoms. The highest BCUT2D eigenvalue weighted by Crippen LogP contribution is 2.37. The average molecular weight is 400 g/mol. The molecule has 4 amide bonds. The first-order chi connectivity index (χ1) is 12.7. The molecule has 2 saturated heterocycles. The fraction of sp³-hybridized carbons (Fsp3) is 0.833. The van der Waals surface area contributed by atoms with E-state index in [0.29, 0.717) is 31.7 Å². The van der Waals surface area contributed by atoms with E-state index in [4.69, 9.17) is 0 Å². The Hall–Kier alpha value is -1.64. The number of hydrogen-bond acceptors (Lipinski definition) is 5. The van der Waals surface area contributed by atoms with Crippen LogP contribution >= 0.6 is 0 Å². The number of nitrogens with zero attached hydrogens (tertiary/aromatic N) is 2. The van der Waals surface area contributed by atoms with Crippen molar-refractivity contribution in [2.24, 2.45) is 5.92 Å². The second-order valence-corrected chi connectivity index (χ2v) is 10.2. The van der Waals surface area contributed by atoms with Crippen molar-refractivity contribution in [1.82, 2.24) is 15.1 Å². The minimum atomic E-state index is -3.12. The van der Waals surface area contributed by atoms with E-state index in [1.54, 1.807) is 6.92 Å². The summed E-state index contributed by atoms with van der Waals surface area (Å²) in [5, 5.41) is 2.83. The summed E-state index contributed by atoms with van der Waals surface area (Å²) in [6, 6.07) is -0.888. The topological polar surface area (TPSA) is 104 Å². The zero-order valence-corrected chi connectivity index (χ0v) is 16.9. The lowest BCUT2D eigenvalue weighted by atomic mass is 9.75. The number of hydrogen-bond donors (Lipinski definition) is 1. The third kappa shape index (κ3) is 3.83. The fourth-order valence-electron chi connectivity index (χ4n) is 4.62. The van der Waals surface area contributed by atoms with Gasteiger partial charge in [-0.25, -0.2) is 13.2 Å². The normalized spacial score (nSPS) is 32.7. The Morgan fingerprint density at radius 3 is 2.41 bits per heavy atom. The number of rotatable bonds is 5. The molecule has 2 aliphatic heterocycles. The maximum atomic E-state index is 12.9. The molecular formula is C18H29N3O5S. The molecule has 152 valence electrons. The molecule has 1 aliphatic carbocycles. The first kappa shape index (κ1) is 20.1. The van der Waals surface area contributed by atoms with Gasteiger partial charge in [0.2, 0.25) is 5.91 Å². The number of likely N-dealkylation sites (N-methyl/N-ethyl adjacent to an activating group) is 1. The van der Waals surface area contributed by atoms with E-state index >= 15 is 0 Å². The molecule has 8 nitrogen and oxygen atoms in total. The second kappa shape index (κ2) is 7.41. The SMILES string of the molecule is CCC1CCC2(CC1)NC(=O)N(CC(=O)N(CC)[C@H]1CCS(=O)(=O)C1)C2=O. The van der Waals surface area contributed by atoms with Crippen LogP contribution in [0, 0.1) is 5.92 Å². The molecule has 3 rings (SSSR count). The van der Waals surface area contributed by atoms with Crippen LogP contribution in [0.2, 0.25) is 0 Å². The maximum Gasteiger partial charge on any atom is 0.325 e. The largest absolute Gasteiger partial charge is 0.337 e. The molecule has 0 aromatic carbocycles. The van der Waals surface area contributed by atoms with E-state index in [2.05, 4.69) is 12.2 Å². The zero-order valence-electron chi connectivity index (χ0n) is 16.1. The van der Waals surface area contributed by atoms with E-state index in [9.17, 15) is 22.8 Å². The van der Waals surface area contributed by atoms with E-state index in [1.165, 1.54) is 4.90 Å². The van der Waals surface area contributed by atoms with Gasteiger partial charge in [0, 0.05) is 12.6 Å². The van der Waals surface area contributed by atoms with E-state index in [0.717, 1.165) is 24.2 Å².